The second-order valence-electron chi connectivity index (χ2n) is 4.30. The van der Waals surface area contributed by atoms with Gasteiger partial charge in [0.1, 0.15) is 12.3 Å². The van der Waals surface area contributed by atoms with E-state index in [9.17, 15) is 0 Å². The van der Waals surface area contributed by atoms with Crippen LogP contribution in [0.5, 0.6) is 0 Å². The summed E-state index contributed by atoms with van der Waals surface area (Å²) in [5.74, 6) is 0. The molecule has 17 heavy (non-hydrogen) atoms. The Kier molecular flexibility index (Phi) is 2.57. The van der Waals surface area contributed by atoms with Crippen LogP contribution in [0, 0.1) is 0 Å². The van der Waals surface area contributed by atoms with E-state index in [1.54, 1.807) is 0 Å². The van der Waals surface area contributed by atoms with Gasteiger partial charge in [-0.25, -0.2) is 0 Å². The van der Waals surface area contributed by atoms with Crippen molar-refractivity contribution in [3.63, 3.8) is 0 Å². The second-order valence-corrected chi connectivity index (χ2v) is 4.30. The van der Waals surface area contributed by atoms with Crippen LogP contribution in [0.3, 0.4) is 0 Å². The smallest absolute Gasteiger partial charge is 0.126 e. The largest absolute Gasteiger partial charge is 0.360 e. The van der Waals surface area contributed by atoms with Gasteiger partial charge in [-0.3, -0.25) is 0 Å². The zero-order chi connectivity index (χ0) is 11.7. The van der Waals surface area contributed by atoms with E-state index in [1.807, 2.05) is 31.2 Å². The van der Waals surface area contributed by atoms with Crippen molar-refractivity contribution in [1.82, 2.24) is 0 Å². The molecular formula is C15H15NO. The average Bonchev–Trinajstić information content (AvgIpc) is 2.39. The van der Waals surface area contributed by atoms with Gasteiger partial charge in [-0.05, 0) is 18.6 Å². The molecule has 0 aromatic heterocycles. The van der Waals surface area contributed by atoms with Crippen LogP contribution in [0.25, 0.3) is 0 Å². The molecular weight excluding hydrogens is 210 g/mol. The monoisotopic (exact) mass is 225 g/mol. The van der Waals surface area contributed by atoms with Crippen LogP contribution in [0.4, 0.5) is 5.69 Å². The minimum atomic E-state index is 0.0312. The molecule has 0 amide bonds. The first-order valence-corrected chi connectivity index (χ1v) is 5.90. The van der Waals surface area contributed by atoms with Gasteiger partial charge in [0.25, 0.3) is 0 Å². The fraction of sp³-hybridized carbons (Fsp3) is 0.200. The van der Waals surface area contributed by atoms with Crippen LogP contribution in [0.1, 0.15) is 24.2 Å². The molecule has 0 fully saturated rings. The van der Waals surface area contributed by atoms with Crippen molar-refractivity contribution in [3.05, 3.63) is 65.7 Å². The highest BCUT2D eigenvalue weighted by Crippen LogP contribution is 2.36. The molecule has 0 saturated carbocycles. The summed E-state index contributed by atoms with van der Waals surface area (Å²) in [6, 6.07) is 18.7. The molecule has 2 aromatic carbocycles. The first-order valence-electron chi connectivity index (χ1n) is 5.90. The maximum absolute atomic E-state index is 5.99. The number of anilines is 1. The van der Waals surface area contributed by atoms with Gasteiger partial charge >= 0.3 is 0 Å². The Morgan fingerprint density at radius 2 is 1.65 bits per heavy atom. The maximum Gasteiger partial charge on any atom is 0.126 e. The Hall–Kier alpha value is -1.80. The molecule has 0 aliphatic carbocycles. The lowest BCUT2D eigenvalue weighted by atomic mass is 9.98. The first kappa shape index (κ1) is 10.4. The average molecular weight is 225 g/mol. The number of ether oxygens (including phenoxy) is 1. The fourth-order valence-electron chi connectivity index (χ4n) is 2.27. The highest BCUT2D eigenvalue weighted by atomic mass is 16.5. The summed E-state index contributed by atoms with van der Waals surface area (Å²) in [5.41, 5.74) is 3.57. The molecule has 0 unspecified atom stereocenters. The highest BCUT2D eigenvalue weighted by molar-refractivity contribution is 5.56. The Bertz CT molecular complexity index is 509. The number of hydrogen-bond donors (Lipinski definition) is 1. The van der Waals surface area contributed by atoms with Crippen LogP contribution in [-0.2, 0) is 4.74 Å². The third-order valence-electron chi connectivity index (χ3n) is 3.04. The zero-order valence-electron chi connectivity index (χ0n) is 9.76. The minimum Gasteiger partial charge on any atom is -0.360 e. The predicted octanol–water partition coefficient (Wildman–Crippen LogP) is 3.56. The molecule has 2 nitrogen and oxygen atoms in total. The van der Waals surface area contributed by atoms with Crippen LogP contribution >= 0.6 is 0 Å². The van der Waals surface area contributed by atoms with Gasteiger partial charge in [0, 0.05) is 11.3 Å². The summed E-state index contributed by atoms with van der Waals surface area (Å²) >= 11 is 0. The van der Waals surface area contributed by atoms with E-state index in [0.717, 1.165) is 0 Å². The van der Waals surface area contributed by atoms with E-state index in [2.05, 4.69) is 35.6 Å². The number of nitrogens with one attached hydrogen (secondary N) is 1. The van der Waals surface area contributed by atoms with Crippen LogP contribution in [0.15, 0.2) is 54.6 Å². The minimum absolute atomic E-state index is 0.0312. The van der Waals surface area contributed by atoms with Crippen LogP contribution in [-0.4, -0.2) is 6.23 Å². The molecule has 0 saturated heterocycles. The number of para-hydroxylation sites is 1. The van der Waals surface area contributed by atoms with E-state index in [-0.39, 0.29) is 12.3 Å². The molecule has 0 radical (unpaired) electrons. The number of fused-ring (bicyclic) bond motifs is 1. The van der Waals surface area contributed by atoms with Crippen molar-refractivity contribution in [1.29, 1.82) is 0 Å². The molecule has 2 atom stereocenters. The third-order valence-corrected chi connectivity index (χ3v) is 3.04. The molecule has 86 valence electrons. The molecule has 3 rings (SSSR count). The van der Waals surface area contributed by atoms with Gasteiger partial charge in [-0.2, -0.15) is 0 Å². The van der Waals surface area contributed by atoms with Crippen molar-refractivity contribution in [2.75, 3.05) is 5.32 Å². The lowest BCUT2D eigenvalue weighted by molar-refractivity contribution is 0.0278. The lowest BCUT2D eigenvalue weighted by Crippen LogP contribution is -2.28. The summed E-state index contributed by atoms with van der Waals surface area (Å²) in [4.78, 5) is 0. The van der Waals surface area contributed by atoms with Gasteiger partial charge in [0.2, 0.25) is 0 Å². The van der Waals surface area contributed by atoms with Gasteiger partial charge in [0.15, 0.2) is 0 Å². The van der Waals surface area contributed by atoms with Gasteiger partial charge in [0.05, 0.1) is 0 Å². The van der Waals surface area contributed by atoms with E-state index in [1.165, 1.54) is 16.8 Å². The zero-order valence-corrected chi connectivity index (χ0v) is 9.76. The Morgan fingerprint density at radius 3 is 2.47 bits per heavy atom. The standard InChI is InChI=1S/C15H15NO/c1-11-16-14-10-6-5-9-13(14)15(17-11)12-7-3-2-4-8-12/h2-11,15-16H,1H3/t11-,15+/m1/s1. The maximum atomic E-state index is 5.99. The quantitative estimate of drug-likeness (QED) is 0.801. The SMILES string of the molecule is C[C@@H]1Nc2ccccc2[C@H](c2ccccc2)O1. The summed E-state index contributed by atoms with van der Waals surface area (Å²) < 4.78 is 5.99. The van der Waals surface area contributed by atoms with Crippen molar-refractivity contribution < 1.29 is 4.74 Å². The molecule has 1 N–H and O–H groups in total. The van der Waals surface area contributed by atoms with Crippen molar-refractivity contribution in [2.45, 2.75) is 19.3 Å². The number of hydrogen-bond acceptors (Lipinski definition) is 2. The topological polar surface area (TPSA) is 21.3 Å². The van der Waals surface area contributed by atoms with E-state index in [0.29, 0.717) is 0 Å². The predicted molar refractivity (Wildman–Crippen MR) is 68.9 cm³/mol. The molecule has 1 heterocycles. The molecule has 2 heteroatoms. The van der Waals surface area contributed by atoms with Crippen LogP contribution in [0.2, 0.25) is 0 Å². The van der Waals surface area contributed by atoms with E-state index in [4.69, 9.17) is 4.74 Å². The highest BCUT2D eigenvalue weighted by Gasteiger charge is 2.25. The number of rotatable bonds is 1. The first-order chi connectivity index (χ1) is 8.34. The third kappa shape index (κ3) is 1.92. The summed E-state index contributed by atoms with van der Waals surface area (Å²) in [6.45, 7) is 2.03. The summed E-state index contributed by atoms with van der Waals surface area (Å²) in [6.07, 6.45) is 0.0683. The molecule has 0 bridgehead atoms. The van der Waals surface area contributed by atoms with Crippen molar-refractivity contribution in [3.8, 4) is 0 Å². The molecule has 1 aliphatic rings. The number of benzene rings is 2. The summed E-state index contributed by atoms with van der Waals surface area (Å²) in [7, 11) is 0. The lowest BCUT2D eigenvalue weighted by Gasteiger charge is -2.32. The van der Waals surface area contributed by atoms with Gasteiger partial charge < -0.3 is 10.1 Å². The Labute approximate surface area is 101 Å². The molecule has 0 spiro atoms. The second kappa shape index (κ2) is 4.22. The van der Waals surface area contributed by atoms with Crippen molar-refractivity contribution in [2.24, 2.45) is 0 Å². The van der Waals surface area contributed by atoms with E-state index < -0.39 is 0 Å². The fourth-order valence-corrected chi connectivity index (χ4v) is 2.27. The van der Waals surface area contributed by atoms with Crippen molar-refractivity contribution >= 4 is 5.69 Å². The van der Waals surface area contributed by atoms with E-state index >= 15 is 0 Å². The molecule has 1 aliphatic heterocycles. The normalized spacial score (nSPS) is 22.6. The Morgan fingerprint density at radius 1 is 0.941 bits per heavy atom. The van der Waals surface area contributed by atoms with Crippen LogP contribution < -0.4 is 5.32 Å². The van der Waals surface area contributed by atoms with Gasteiger partial charge in [-0.1, -0.05) is 48.5 Å². The van der Waals surface area contributed by atoms with Gasteiger partial charge in [-0.15, -0.1) is 0 Å². The molecule has 2 aromatic rings. The summed E-state index contributed by atoms with van der Waals surface area (Å²) in [5, 5.41) is 3.34. The Balaban J connectivity index is 2.07.